The molecule has 5 atom stereocenters. The number of para-hydroxylation sites is 1. The highest BCUT2D eigenvalue weighted by Crippen LogP contribution is 2.22. The van der Waals surface area contributed by atoms with E-state index in [0.717, 1.165) is 16.6 Å². The fraction of sp³-hybridized carbons (Fsp3) is 0.500. The molecular weight excluding hydrogens is 1770 g/mol. The van der Waals surface area contributed by atoms with Crippen LogP contribution in [-0.2, 0) is 94.9 Å². The van der Waals surface area contributed by atoms with Gasteiger partial charge < -0.3 is 121 Å². The lowest BCUT2D eigenvalue weighted by molar-refractivity contribution is -0.129. The lowest BCUT2D eigenvalue weighted by Gasteiger charge is -2.32. The van der Waals surface area contributed by atoms with Crippen LogP contribution in [0.15, 0.2) is 127 Å². The van der Waals surface area contributed by atoms with E-state index in [1.165, 1.54) is 0 Å². The first-order valence-electron chi connectivity index (χ1n) is 44.3. The molecule has 0 radical (unpaired) electrons. The smallest absolute Gasteiger partial charge is 0.408 e. The summed E-state index contributed by atoms with van der Waals surface area (Å²) in [5.74, 6) is -4.20. The van der Waals surface area contributed by atoms with Crippen molar-refractivity contribution in [3.63, 3.8) is 0 Å². The molecule has 0 saturated carbocycles. The Bertz CT molecular complexity index is 4410. The maximum absolute atomic E-state index is 15.1. The zero-order valence-corrected chi connectivity index (χ0v) is 77.0. The summed E-state index contributed by atoms with van der Waals surface area (Å²) in [4.78, 5) is 180. The number of hydrogen-bond donors (Lipinski definition) is 18. The van der Waals surface area contributed by atoms with E-state index in [4.69, 9.17) is 88.3 Å². The molecule has 0 bridgehead atoms. The zero-order chi connectivity index (χ0) is 94.8. The minimum absolute atomic E-state index is 0.00375. The third-order valence-electron chi connectivity index (χ3n) is 20.8. The Labute approximate surface area is 784 Å². The normalized spacial score (nSPS) is 12.2. The molecule has 13 amide bonds. The van der Waals surface area contributed by atoms with Gasteiger partial charge in [0.05, 0.1) is 24.2 Å². The standard InChI is InChI=1S/C90H128Cl4N20O17/c91-68-24-6-1-20-63(68)58-128-87(124)108-40-16-12-28-72(96)82(119)104-48-44-99-78(115)35-53-113(54-36-79(116)100-47-51-107-85(122)76(32-11-15-39-95)112-90(127)131-61-66-23-4-9-27-71(66)94)52-34-77(86(123)103-43-33-67-57-62-19-5-10-31-75(62)111-67)114(55-37-80(117)101-45-49-105-83(120)73(97)29-13-17-41-109-88(125)129-59-64-21-2-7-25-69(64)92)56-38-81(118)102-46-50-106-84(121)74(98)30-14-18-42-110-89(126)130-60-65-22-3-8-26-70(65)93/h1-10,19-27,31,57,72-74,76-77,111H,11-18,28-30,32-56,58-61,95-98H2,(H,99,115)(H,100,116)(H,101,117)(H,102,118)(H,103,123)(H,104,119)(H,105,120)(H,106,121)(H,107,122)(H,108,124)(H,109,125)(H,110,126)(H,112,127)/t72-,73-,74-,76-,77-/m0/s1. The third-order valence-corrected chi connectivity index (χ3v) is 22.2. The Morgan fingerprint density at radius 1 is 0.336 bits per heavy atom. The number of rotatable bonds is 64. The molecule has 22 N–H and O–H groups in total. The van der Waals surface area contributed by atoms with Gasteiger partial charge in [-0.05, 0) is 132 Å². The second kappa shape index (κ2) is 63.8. The van der Waals surface area contributed by atoms with E-state index >= 15 is 4.79 Å². The van der Waals surface area contributed by atoms with Crippen LogP contribution in [0, 0.1) is 0 Å². The summed E-state index contributed by atoms with van der Waals surface area (Å²) < 4.78 is 21.1. The molecule has 0 spiro atoms. The van der Waals surface area contributed by atoms with Crippen molar-refractivity contribution in [1.29, 1.82) is 0 Å². The number of carbonyl (C=O) groups excluding carboxylic acids is 13. The van der Waals surface area contributed by atoms with Crippen LogP contribution in [0.1, 0.15) is 137 Å². The molecule has 718 valence electrons. The molecule has 0 aliphatic carbocycles. The van der Waals surface area contributed by atoms with Gasteiger partial charge >= 0.3 is 24.4 Å². The number of nitrogens with zero attached hydrogens (tertiary/aromatic N) is 2. The number of nitrogens with two attached hydrogens (primary N) is 4. The number of carbonyl (C=O) groups is 13. The molecule has 5 aromatic carbocycles. The number of ether oxygens (including phenoxy) is 4. The van der Waals surface area contributed by atoms with E-state index in [1.807, 2.05) is 35.2 Å². The Hall–Kier alpha value is -11.1. The van der Waals surface area contributed by atoms with Crippen molar-refractivity contribution in [2.24, 2.45) is 22.9 Å². The summed E-state index contributed by atoms with van der Waals surface area (Å²) in [5.41, 5.74) is 28.7. The average molecular weight is 1900 g/mol. The topological polar surface area (TPSA) is 542 Å². The summed E-state index contributed by atoms with van der Waals surface area (Å²) in [6.45, 7) is 1.02. The van der Waals surface area contributed by atoms with Gasteiger partial charge in [-0.3, -0.25) is 48.1 Å². The summed E-state index contributed by atoms with van der Waals surface area (Å²) in [5, 5.41) is 38.7. The van der Waals surface area contributed by atoms with Crippen LogP contribution in [0.2, 0.25) is 20.1 Å². The largest absolute Gasteiger partial charge is 0.445 e. The molecule has 0 unspecified atom stereocenters. The fourth-order valence-electron chi connectivity index (χ4n) is 13.2. The SMILES string of the molecule is NCCCC[C@H](NC(=O)OCc1ccccc1Cl)C(=O)NCCNC(=O)CCN(CCC(=O)NCCNC(=O)[C@@H](N)CCCCNC(=O)OCc1ccccc1Cl)CC[C@@H](C(=O)NCCc1cc2ccccc2[nH]1)N(CCC(=O)NCCNC(=O)[C@@H](N)CCCCNC(=O)OCc1ccccc1Cl)CCC(=O)NCCNC(=O)[C@@H](N)CCCCNC(=O)OCc1ccccc1Cl. The van der Waals surface area contributed by atoms with E-state index in [1.54, 1.807) is 102 Å². The number of unbranched alkanes of at least 4 members (excludes halogenated alkanes) is 4. The van der Waals surface area contributed by atoms with E-state index in [0.29, 0.717) is 126 Å². The van der Waals surface area contributed by atoms with Crippen LogP contribution in [0.5, 0.6) is 0 Å². The third kappa shape index (κ3) is 46.0. The number of aromatic nitrogens is 1. The number of nitrogens with one attached hydrogen (secondary N) is 14. The molecule has 41 heteroatoms. The predicted molar refractivity (Wildman–Crippen MR) is 500 cm³/mol. The van der Waals surface area contributed by atoms with Crippen molar-refractivity contribution in [3.8, 4) is 0 Å². The lowest BCUT2D eigenvalue weighted by Crippen LogP contribution is -2.51. The number of benzene rings is 5. The summed E-state index contributed by atoms with van der Waals surface area (Å²) >= 11 is 24.8. The van der Waals surface area contributed by atoms with Crippen molar-refractivity contribution in [2.45, 2.75) is 172 Å². The molecule has 1 heterocycles. The van der Waals surface area contributed by atoms with Crippen LogP contribution in [0.4, 0.5) is 19.2 Å². The van der Waals surface area contributed by atoms with Crippen LogP contribution in [0.25, 0.3) is 10.9 Å². The minimum Gasteiger partial charge on any atom is -0.445 e. The van der Waals surface area contributed by atoms with Gasteiger partial charge in [0.25, 0.3) is 0 Å². The fourth-order valence-corrected chi connectivity index (χ4v) is 14.0. The van der Waals surface area contributed by atoms with Crippen LogP contribution >= 0.6 is 46.4 Å². The van der Waals surface area contributed by atoms with Gasteiger partial charge in [-0.2, -0.15) is 0 Å². The van der Waals surface area contributed by atoms with E-state index < -0.39 is 108 Å². The summed E-state index contributed by atoms with van der Waals surface area (Å²) in [6, 6.07) is 32.7. The number of halogens is 4. The number of alkyl carbamates (subject to hydrolysis) is 4. The van der Waals surface area contributed by atoms with E-state index in [2.05, 4.69) is 74.1 Å². The summed E-state index contributed by atoms with van der Waals surface area (Å²) in [7, 11) is 0. The van der Waals surface area contributed by atoms with Crippen LogP contribution in [0.3, 0.4) is 0 Å². The van der Waals surface area contributed by atoms with Crippen LogP contribution < -0.4 is 92.1 Å². The average Bonchev–Trinajstić information content (AvgIpc) is 1.70. The van der Waals surface area contributed by atoms with Gasteiger partial charge in [-0.25, -0.2) is 19.2 Å². The predicted octanol–water partition coefficient (Wildman–Crippen LogP) is 5.99. The van der Waals surface area contributed by atoms with Crippen molar-refractivity contribution in [2.75, 3.05) is 118 Å². The molecule has 0 fully saturated rings. The van der Waals surface area contributed by atoms with Crippen molar-refractivity contribution in [1.82, 2.24) is 83.9 Å². The highest BCUT2D eigenvalue weighted by atomic mass is 35.5. The second-order valence-corrected chi connectivity index (χ2v) is 32.5. The molecule has 37 nitrogen and oxygen atoms in total. The highest BCUT2D eigenvalue weighted by molar-refractivity contribution is 6.32. The van der Waals surface area contributed by atoms with Gasteiger partial charge in [0.1, 0.15) is 32.5 Å². The Morgan fingerprint density at radius 2 is 0.672 bits per heavy atom. The maximum atomic E-state index is 15.1. The first-order chi connectivity index (χ1) is 63.2. The maximum Gasteiger partial charge on any atom is 0.408 e. The Kier molecular flexibility index (Phi) is 52.9. The number of H-pyrrole nitrogens is 1. The number of aromatic amines is 1. The molecule has 0 aliphatic heterocycles. The second-order valence-electron chi connectivity index (χ2n) is 30.9. The van der Waals surface area contributed by atoms with Crippen molar-refractivity contribution >= 4 is 135 Å². The highest BCUT2D eigenvalue weighted by Gasteiger charge is 2.30. The summed E-state index contributed by atoms with van der Waals surface area (Å²) in [6.07, 6.45) is 2.15. The van der Waals surface area contributed by atoms with Crippen molar-refractivity contribution in [3.05, 3.63) is 175 Å². The quantitative estimate of drug-likeness (QED) is 0.0154. The van der Waals surface area contributed by atoms with Gasteiger partial charge in [-0.1, -0.05) is 137 Å². The number of hydrogen-bond acceptors (Lipinski definition) is 23. The molecular formula is C90H128Cl4N20O17. The monoisotopic (exact) mass is 1900 g/mol. The van der Waals surface area contributed by atoms with Crippen LogP contribution in [-0.4, -0.2) is 240 Å². The molecule has 131 heavy (non-hydrogen) atoms. The Morgan fingerprint density at radius 3 is 1.05 bits per heavy atom. The van der Waals surface area contributed by atoms with Crippen molar-refractivity contribution < 1.29 is 81.3 Å². The van der Waals surface area contributed by atoms with Gasteiger partial charge in [-0.15, -0.1) is 0 Å². The molecule has 6 aromatic rings. The lowest BCUT2D eigenvalue weighted by atomic mass is 10.1. The minimum atomic E-state index is -1.08. The van der Waals surface area contributed by atoms with Gasteiger partial charge in [0.2, 0.25) is 53.2 Å². The van der Waals surface area contributed by atoms with E-state index in [-0.39, 0.29) is 176 Å². The molecule has 0 aliphatic rings. The molecule has 6 rings (SSSR count). The first-order valence-corrected chi connectivity index (χ1v) is 45.8. The van der Waals surface area contributed by atoms with E-state index in [9.17, 15) is 57.5 Å². The van der Waals surface area contributed by atoms with Gasteiger partial charge in [0, 0.05) is 197 Å². The zero-order valence-electron chi connectivity index (χ0n) is 74.0. The number of amides is 13. The molecule has 0 saturated heterocycles. The van der Waals surface area contributed by atoms with Gasteiger partial charge in [0.15, 0.2) is 0 Å². The molecule has 1 aromatic heterocycles. The first kappa shape index (κ1) is 109. The number of fused-ring (bicyclic) bond motifs is 1. The Balaban J connectivity index is 1.12.